The molecule has 4 heteroatoms. The van der Waals surface area contributed by atoms with Gasteiger partial charge in [-0.3, -0.25) is 0 Å². The molecule has 0 N–H and O–H groups in total. The Kier molecular flexibility index (Phi) is 16.5. The molecular weight excluding hydrogens is 726 g/mol. The van der Waals surface area contributed by atoms with Gasteiger partial charge in [0.15, 0.2) is 0 Å². The van der Waals surface area contributed by atoms with Crippen molar-refractivity contribution in [2.75, 3.05) is 44.8 Å². The molecule has 0 heterocycles. The van der Waals surface area contributed by atoms with Crippen LogP contribution in [0.25, 0.3) is 5.57 Å². The normalized spacial score (nSPS) is 14.5. The molecule has 2 nitrogen and oxygen atoms in total. The maximum Gasteiger partial charge on any atom is 0.0366 e. The molecule has 0 aromatic heterocycles. The van der Waals surface area contributed by atoms with Crippen LogP contribution in [0.2, 0.25) is 0 Å². The lowest BCUT2D eigenvalue weighted by Gasteiger charge is -2.26. The summed E-state index contributed by atoms with van der Waals surface area (Å²) >= 11 is 5.01. The van der Waals surface area contributed by atoms with E-state index >= 15 is 0 Å². The molecule has 0 bridgehead atoms. The van der Waals surface area contributed by atoms with Crippen molar-refractivity contribution in [3.8, 4) is 0 Å². The summed E-state index contributed by atoms with van der Waals surface area (Å²) in [5.41, 5.74) is 7.94. The summed E-state index contributed by atoms with van der Waals surface area (Å²) in [6.45, 7) is 11.4. The summed E-state index contributed by atoms with van der Waals surface area (Å²) in [4.78, 5) is 5.20. The molecule has 2 aromatic rings. The van der Waals surface area contributed by atoms with Gasteiger partial charge >= 0.3 is 0 Å². The lowest BCUT2D eigenvalue weighted by molar-refractivity contribution is 0.653. The summed E-state index contributed by atoms with van der Waals surface area (Å²) in [5, 5.41) is 0. The fraction of sp³-hybridized carbons (Fsp3) is 0.514. The average molecular weight is 779 g/mol. The van der Waals surface area contributed by atoms with Crippen molar-refractivity contribution >= 4 is 62.1 Å². The monoisotopic (exact) mass is 778 g/mol. The van der Waals surface area contributed by atoms with Crippen molar-refractivity contribution in [2.45, 2.75) is 78.6 Å². The molecule has 0 saturated carbocycles. The fourth-order valence-corrected chi connectivity index (χ4v) is 6.49. The molecule has 0 amide bonds. The topological polar surface area (TPSA) is 6.48 Å². The number of anilines is 2. The van der Waals surface area contributed by atoms with Crippen LogP contribution in [0.15, 0.2) is 78.4 Å². The van der Waals surface area contributed by atoms with Gasteiger partial charge in [-0.25, -0.2) is 0 Å². The average Bonchev–Trinajstić information content (AvgIpc) is 3.00. The third-order valence-electron chi connectivity index (χ3n) is 7.93. The number of halogens is 2. The van der Waals surface area contributed by atoms with Crippen molar-refractivity contribution in [2.24, 2.45) is 5.92 Å². The number of benzene rings is 2. The van der Waals surface area contributed by atoms with Gasteiger partial charge in [0.25, 0.3) is 0 Å². The zero-order valence-corrected chi connectivity index (χ0v) is 30.1. The van der Waals surface area contributed by atoms with E-state index in [9.17, 15) is 0 Å². The summed E-state index contributed by atoms with van der Waals surface area (Å²) < 4.78 is 2.48. The highest BCUT2D eigenvalue weighted by atomic mass is 127. The van der Waals surface area contributed by atoms with E-state index in [2.05, 4.69) is 149 Å². The zero-order chi connectivity index (χ0) is 29.3. The van der Waals surface area contributed by atoms with Gasteiger partial charge in [-0.15, -0.1) is 0 Å². The van der Waals surface area contributed by atoms with Crippen LogP contribution in [0.1, 0.15) is 89.7 Å². The van der Waals surface area contributed by atoms with E-state index in [4.69, 9.17) is 0 Å². The summed E-state index contributed by atoms with van der Waals surface area (Å²) in [7, 11) is 0. The van der Waals surface area contributed by atoms with Crippen LogP contribution in [-0.4, -0.2) is 35.0 Å². The largest absolute Gasteiger partial charge is 0.372 e. The van der Waals surface area contributed by atoms with Gasteiger partial charge in [0.1, 0.15) is 0 Å². The first kappa shape index (κ1) is 34.2. The Morgan fingerprint density at radius 3 is 1.41 bits per heavy atom. The third kappa shape index (κ3) is 11.4. The van der Waals surface area contributed by atoms with Crippen LogP contribution in [0.3, 0.4) is 0 Å². The first-order valence-electron chi connectivity index (χ1n) is 16.0. The van der Waals surface area contributed by atoms with E-state index in [0.717, 1.165) is 26.2 Å². The van der Waals surface area contributed by atoms with Crippen LogP contribution >= 0.6 is 45.2 Å². The van der Waals surface area contributed by atoms with E-state index in [1.165, 1.54) is 100 Å². The predicted molar refractivity (Wildman–Crippen MR) is 201 cm³/mol. The van der Waals surface area contributed by atoms with Crippen LogP contribution in [0.5, 0.6) is 0 Å². The van der Waals surface area contributed by atoms with Gasteiger partial charge in [-0.1, -0.05) is 134 Å². The standard InChI is InChI=1S/C37H52I2N2/c1-4-6-10-28-40(27-7-5-2)35-21-17-33(18-22-35)37(32-15-13-31(3)14-16-32)34-19-23-36(24-20-34)41(29-11-8-25-38)30-12-9-26-39/h13-24,31H,4-12,25-30H2,1-3H3. The Labute approximate surface area is 279 Å². The SMILES string of the molecule is CCCCCN(CCCC)c1ccc(C(=C2C=CC(C)C=C2)c2ccc(N(CCCCI)CCCCI)cc2)cc1. The number of hydrogen-bond donors (Lipinski definition) is 0. The van der Waals surface area contributed by atoms with Crippen LogP contribution in [0, 0.1) is 5.92 Å². The van der Waals surface area contributed by atoms with Crippen molar-refractivity contribution < 1.29 is 0 Å². The summed E-state index contributed by atoms with van der Waals surface area (Å²) in [5.74, 6) is 0.485. The second kappa shape index (κ2) is 19.8. The highest BCUT2D eigenvalue weighted by Gasteiger charge is 2.14. The molecule has 0 atom stereocenters. The van der Waals surface area contributed by atoms with Gasteiger partial charge in [-0.05, 0) is 99.8 Å². The fourth-order valence-electron chi connectivity index (χ4n) is 5.41. The van der Waals surface area contributed by atoms with Crippen molar-refractivity contribution in [3.63, 3.8) is 0 Å². The smallest absolute Gasteiger partial charge is 0.0366 e. The molecule has 0 fully saturated rings. The zero-order valence-electron chi connectivity index (χ0n) is 25.8. The molecule has 0 saturated heterocycles. The molecule has 2 aromatic carbocycles. The first-order valence-corrected chi connectivity index (χ1v) is 19.1. The minimum atomic E-state index is 0.485. The van der Waals surface area contributed by atoms with Gasteiger partial charge in [0, 0.05) is 37.6 Å². The highest BCUT2D eigenvalue weighted by Crippen LogP contribution is 2.33. The van der Waals surface area contributed by atoms with Gasteiger partial charge in [0.2, 0.25) is 0 Å². The number of nitrogens with zero attached hydrogens (tertiary/aromatic N) is 2. The molecule has 0 spiro atoms. The Morgan fingerprint density at radius 2 is 1.00 bits per heavy atom. The van der Waals surface area contributed by atoms with Crippen molar-refractivity contribution in [3.05, 3.63) is 89.5 Å². The molecule has 3 rings (SSSR count). The number of alkyl halides is 2. The molecule has 41 heavy (non-hydrogen) atoms. The Bertz CT molecular complexity index is 1060. The van der Waals surface area contributed by atoms with Crippen LogP contribution in [-0.2, 0) is 0 Å². The summed E-state index contributed by atoms with van der Waals surface area (Å²) in [6.07, 6.45) is 20.7. The number of unbranched alkanes of at least 4 members (excludes halogenated alkanes) is 5. The third-order valence-corrected chi connectivity index (χ3v) is 9.45. The quantitative estimate of drug-likeness (QED) is 0.0796. The molecule has 1 aliphatic carbocycles. The van der Waals surface area contributed by atoms with Gasteiger partial charge < -0.3 is 9.80 Å². The first-order chi connectivity index (χ1) is 20.1. The van der Waals surface area contributed by atoms with Crippen molar-refractivity contribution in [1.29, 1.82) is 0 Å². The minimum Gasteiger partial charge on any atom is -0.372 e. The summed E-state index contributed by atoms with van der Waals surface area (Å²) in [6, 6.07) is 18.8. The Morgan fingerprint density at radius 1 is 0.585 bits per heavy atom. The molecule has 0 unspecified atom stereocenters. The minimum absolute atomic E-state index is 0.485. The Balaban J connectivity index is 1.91. The van der Waals surface area contributed by atoms with E-state index < -0.39 is 0 Å². The molecule has 0 radical (unpaired) electrons. The van der Waals surface area contributed by atoms with E-state index in [1.807, 2.05) is 0 Å². The van der Waals surface area contributed by atoms with Crippen molar-refractivity contribution in [1.82, 2.24) is 0 Å². The molecule has 224 valence electrons. The number of allylic oxidation sites excluding steroid dienone is 5. The Hall–Kier alpha value is -1.28. The lowest BCUT2D eigenvalue weighted by atomic mass is 9.89. The maximum absolute atomic E-state index is 2.61. The molecular formula is C37H52I2N2. The highest BCUT2D eigenvalue weighted by molar-refractivity contribution is 14.1. The predicted octanol–water partition coefficient (Wildman–Crippen LogP) is 11.3. The van der Waals surface area contributed by atoms with Crippen LogP contribution < -0.4 is 9.80 Å². The maximum atomic E-state index is 2.61. The molecule has 1 aliphatic rings. The van der Waals surface area contributed by atoms with E-state index in [1.54, 1.807) is 0 Å². The number of rotatable bonds is 19. The second-order valence-electron chi connectivity index (χ2n) is 11.3. The number of hydrogen-bond acceptors (Lipinski definition) is 2. The molecule has 0 aliphatic heterocycles. The van der Waals surface area contributed by atoms with E-state index in [-0.39, 0.29) is 0 Å². The van der Waals surface area contributed by atoms with Gasteiger partial charge in [-0.2, -0.15) is 0 Å². The van der Waals surface area contributed by atoms with Crippen LogP contribution in [0.4, 0.5) is 11.4 Å². The second-order valence-corrected chi connectivity index (χ2v) is 13.5. The van der Waals surface area contributed by atoms with Gasteiger partial charge in [0.05, 0.1) is 0 Å². The lowest BCUT2D eigenvalue weighted by Crippen LogP contribution is -2.25. The van der Waals surface area contributed by atoms with E-state index in [0.29, 0.717) is 5.92 Å².